The molecule has 4 nitrogen and oxygen atoms in total. The minimum atomic E-state index is 0.0184. The first-order chi connectivity index (χ1) is 10.1. The summed E-state index contributed by atoms with van der Waals surface area (Å²) in [6.07, 6.45) is 2.25. The zero-order valence-electron chi connectivity index (χ0n) is 12.1. The molecule has 0 aliphatic rings. The lowest BCUT2D eigenvalue weighted by Gasteiger charge is -2.13. The number of amides is 1. The third-order valence-electron chi connectivity index (χ3n) is 3.18. The van der Waals surface area contributed by atoms with Gasteiger partial charge in [-0.25, -0.2) is 0 Å². The molecular formula is C16H18BrN3O. The van der Waals surface area contributed by atoms with Gasteiger partial charge in [0.05, 0.1) is 12.2 Å². The van der Waals surface area contributed by atoms with Crippen LogP contribution in [-0.2, 0) is 11.3 Å². The van der Waals surface area contributed by atoms with Gasteiger partial charge in [-0.2, -0.15) is 0 Å². The van der Waals surface area contributed by atoms with Crippen LogP contribution in [0.1, 0.15) is 24.6 Å². The zero-order valence-corrected chi connectivity index (χ0v) is 13.7. The van der Waals surface area contributed by atoms with Crippen molar-refractivity contribution in [1.82, 2.24) is 4.98 Å². The highest BCUT2D eigenvalue weighted by Gasteiger charge is 2.06. The minimum absolute atomic E-state index is 0.0184. The average molecular weight is 348 g/mol. The Hall–Kier alpha value is -1.88. The number of pyridine rings is 1. The molecule has 2 aromatic rings. The van der Waals surface area contributed by atoms with Crippen LogP contribution in [0, 0.1) is 6.92 Å². The summed E-state index contributed by atoms with van der Waals surface area (Å²) in [5.74, 6) is 0.0184. The van der Waals surface area contributed by atoms with Gasteiger partial charge in [0.1, 0.15) is 0 Å². The van der Waals surface area contributed by atoms with Gasteiger partial charge in [-0.3, -0.25) is 9.78 Å². The third kappa shape index (κ3) is 4.29. The Morgan fingerprint density at radius 2 is 2.00 bits per heavy atom. The Morgan fingerprint density at radius 1 is 1.24 bits per heavy atom. The van der Waals surface area contributed by atoms with Crippen molar-refractivity contribution in [1.29, 1.82) is 0 Å². The second-order valence-corrected chi connectivity index (χ2v) is 5.62. The van der Waals surface area contributed by atoms with E-state index in [1.54, 1.807) is 6.20 Å². The summed E-state index contributed by atoms with van der Waals surface area (Å²) in [5, 5.41) is 6.26. The van der Waals surface area contributed by atoms with Gasteiger partial charge < -0.3 is 10.6 Å². The Kier molecular flexibility index (Phi) is 5.33. The molecule has 2 N–H and O–H groups in total. The lowest BCUT2D eigenvalue weighted by molar-refractivity contribution is -0.115. The number of anilines is 2. The molecule has 0 unspecified atom stereocenters. The number of rotatable bonds is 5. The van der Waals surface area contributed by atoms with Crippen LogP contribution >= 0.6 is 15.9 Å². The lowest BCUT2D eigenvalue weighted by Crippen LogP contribution is -2.11. The molecule has 0 aliphatic carbocycles. The van der Waals surface area contributed by atoms with Crippen molar-refractivity contribution in [2.75, 3.05) is 10.6 Å². The molecule has 21 heavy (non-hydrogen) atoms. The monoisotopic (exact) mass is 347 g/mol. The molecule has 110 valence electrons. The van der Waals surface area contributed by atoms with Gasteiger partial charge in [0, 0.05) is 28.5 Å². The second-order valence-electron chi connectivity index (χ2n) is 4.70. The molecular weight excluding hydrogens is 330 g/mol. The van der Waals surface area contributed by atoms with Crippen LogP contribution in [0.4, 0.5) is 11.4 Å². The number of halogens is 1. The van der Waals surface area contributed by atoms with E-state index in [1.807, 2.05) is 44.2 Å². The topological polar surface area (TPSA) is 54.0 Å². The first-order valence-corrected chi connectivity index (χ1v) is 7.63. The van der Waals surface area contributed by atoms with Crippen molar-refractivity contribution in [3.8, 4) is 0 Å². The summed E-state index contributed by atoms with van der Waals surface area (Å²) in [5.41, 5.74) is 3.82. The molecule has 0 atom stereocenters. The fourth-order valence-corrected chi connectivity index (χ4v) is 2.13. The molecule has 1 amide bonds. The molecule has 0 fully saturated rings. The van der Waals surface area contributed by atoms with Crippen molar-refractivity contribution in [2.45, 2.75) is 26.8 Å². The van der Waals surface area contributed by atoms with Crippen molar-refractivity contribution in [3.05, 3.63) is 52.3 Å². The van der Waals surface area contributed by atoms with Crippen molar-refractivity contribution in [3.63, 3.8) is 0 Å². The van der Waals surface area contributed by atoms with Crippen LogP contribution in [-0.4, -0.2) is 10.9 Å². The van der Waals surface area contributed by atoms with Gasteiger partial charge in [0.2, 0.25) is 5.91 Å². The van der Waals surface area contributed by atoms with E-state index in [0.717, 1.165) is 27.1 Å². The van der Waals surface area contributed by atoms with Gasteiger partial charge in [-0.1, -0.05) is 13.0 Å². The van der Waals surface area contributed by atoms with E-state index >= 15 is 0 Å². The smallest absolute Gasteiger partial charge is 0.224 e. The molecule has 5 heteroatoms. The number of hydrogen-bond acceptors (Lipinski definition) is 3. The van der Waals surface area contributed by atoms with Crippen LogP contribution in [0.15, 0.2) is 41.0 Å². The minimum Gasteiger partial charge on any atom is -0.379 e. The molecule has 0 saturated carbocycles. The number of carbonyl (C=O) groups excluding carboxylic acids is 1. The maximum Gasteiger partial charge on any atom is 0.224 e. The standard InChI is InChI=1S/C16H18BrN3O/c1-3-16(21)20-15-6-4-5-14(11(15)2)19-10-13-8-7-12(17)9-18-13/h4-9,19H,3,10H2,1-2H3,(H,20,21). The normalized spacial score (nSPS) is 10.2. The molecule has 0 radical (unpaired) electrons. The highest BCUT2D eigenvalue weighted by Crippen LogP contribution is 2.24. The van der Waals surface area contributed by atoms with Crippen molar-refractivity contribution < 1.29 is 4.79 Å². The molecule has 1 aromatic carbocycles. The summed E-state index contributed by atoms with van der Waals surface area (Å²) >= 11 is 3.37. The summed E-state index contributed by atoms with van der Waals surface area (Å²) < 4.78 is 0.965. The first kappa shape index (κ1) is 15.5. The molecule has 0 aliphatic heterocycles. The Balaban J connectivity index is 2.08. The fourth-order valence-electron chi connectivity index (χ4n) is 1.90. The van der Waals surface area contributed by atoms with E-state index in [2.05, 4.69) is 31.5 Å². The number of aromatic nitrogens is 1. The van der Waals surface area contributed by atoms with Gasteiger partial charge >= 0.3 is 0 Å². The average Bonchev–Trinajstić information content (AvgIpc) is 2.49. The number of nitrogens with zero attached hydrogens (tertiary/aromatic N) is 1. The maximum absolute atomic E-state index is 11.5. The van der Waals surface area contributed by atoms with Crippen LogP contribution in [0.2, 0.25) is 0 Å². The zero-order chi connectivity index (χ0) is 15.2. The van der Waals surface area contributed by atoms with Gasteiger partial charge in [-0.05, 0) is 52.7 Å². The molecule has 0 spiro atoms. The van der Waals surface area contributed by atoms with E-state index in [4.69, 9.17) is 0 Å². The summed E-state index contributed by atoms with van der Waals surface area (Å²) in [6, 6.07) is 9.77. The summed E-state index contributed by atoms with van der Waals surface area (Å²) in [6.45, 7) is 4.47. The number of nitrogens with one attached hydrogen (secondary N) is 2. The number of benzene rings is 1. The van der Waals surface area contributed by atoms with Gasteiger partial charge in [-0.15, -0.1) is 0 Å². The third-order valence-corrected chi connectivity index (χ3v) is 3.65. The largest absolute Gasteiger partial charge is 0.379 e. The number of carbonyl (C=O) groups is 1. The Bertz CT molecular complexity index is 626. The van der Waals surface area contributed by atoms with Crippen LogP contribution < -0.4 is 10.6 Å². The van der Waals surface area contributed by atoms with Crippen molar-refractivity contribution in [2.24, 2.45) is 0 Å². The van der Waals surface area contributed by atoms with E-state index in [-0.39, 0.29) is 5.91 Å². The molecule has 1 aromatic heterocycles. The van der Waals surface area contributed by atoms with Gasteiger partial charge in [0.25, 0.3) is 0 Å². The summed E-state index contributed by atoms with van der Waals surface area (Å²) in [4.78, 5) is 15.8. The number of hydrogen-bond donors (Lipinski definition) is 2. The highest BCUT2D eigenvalue weighted by atomic mass is 79.9. The van der Waals surface area contributed by atoms with Crippen LogP contribution in [0.3, 0.4) is 0 Å². The Morgan fingerprint density at radius 3 is 2.67 bits per heavy atom. The maximum atomic E-state index is 11.5. The second kappa shape index (κ2) is 7.22. The first-order valence-electron chi connectivity index (χ1n) is 6.84. The lowest BCUT2D eigenvalue weighted by atomic mass is 10.1. The van der Waals surface area contributed by atoms with E-state index in [0.29, 0.717) is 13.0 Å². The Labute approximate surface area is 133 Å². The van der Waals surface area contributed by atoms with Gasteiger partial charge in [0.15, 0.2) is 0 Å². The predicted molar refractivity (Wildman–Crippen MR) is 89.4 cm³/mol. The van der Waals surface area contributed by atoms with Crippen molar-refractivity contribution >= 4 is 33.2 Å². The molecule has 0 saturated heterocycles. The molecule has 1 heterocycles. The highest BCUT2D eigenvalue weighted by molar-refractivity contribution is 9.10. The van der Waals surface area contributed by atoms with E-state index in [1.165, 1.54) is 0 Å². The quantitative estimate of drug-likeness (QED) is 0.855. The SMILES string of the molecule is CCC(=O)Nc1cccc(NCc2ccc(Br)cn2)c1C. The van der Waals surface area contributed by atoms with Crippen LogP contribution in [0.5, 0.6) is 0 Å². The summed E-state index contributed by atoms with van der Waals surface area (Å²) in [7, 11) is 0. The molecule has 0 bridgehead atoms. The molecule has 2 rings (SSSR count). The van der Waals surface area contributed by atoms with Crippen LogP contribution in [0.25, 0.3) is 0 Å². The van der Waals surface area contributed by atoms with E-state index < -0.39 is 0 Å². The van der Waals surface area contributed by atoms with E-state index in [9.17, 15) is 4.79 Å². The fraction of sp³-hybridized carbons (Fsp3) is 0.250. The predicted octanol–water partition coefficient (Wildman–Crippen LogP) is 4.11.